The summed E-state index contributed by atoms with van der Waals surface area (Å²) in [6.07, 6.45) is 0. The highest BCUT2D eigenvalue weighted by Gasteiger charge is 2.07. The molecule has 0 radical (unpaired) electrons. The highest BCUT2D eigenvalue weighted by molar-refractivity contribution is 5.38. The monoisotopic (exact) mass is 283 g/mol. The summed E-state index contributed by atoms with van der Waals surface area (Å²) in [5.41, 5.74) is 6.35. The number of nitrogens with one attached hydrogen (secondary N) is 1. The van der Waals surface area contributed by atoms with Crippen molar-refractivity contribution in [2.75, 3.05) is 6.54 Å². The average Bonchev–Trinajstić information content (AvgIpc) is 2.46. The van der Waals surface area contributed by atoms with Crippen molar-refractivity contribution in [1.29, 1.82) is 0 Å². The molecule has 0 saturated heterocycles. The van der Waals surface area contributed by atoms with Gasteiger partial charge in [-0.05, 0) is 50.1 Å². The van der Waals surface area contributed by atoms with E-state index in [9.17, 15) is 0 Å². The molecule has 2 aromatic carbocycles. The van der Waals surface area contributed by atoms with Gasteiger partial charge in [0.2, 0.25) is 0 Å². The lowest BCUT2D eigenvalue weighted by molar-refractivity contribution is 0.300. The first kappa shape index (κ1) is 15.6. The van der Waals surface area contributed by atoms with Gasteiger partial charge in [0, 0.05) is 12.1 Å². The Balaban J connectivity index is 2.16. The van der Waals surface area contributed by atoms with Gasteiger partial charge in [-0.25, -0.2) is 0 Å². The maximum atomic E-state index is 6.10. The van der Waals surface area contributed by atoms with Crippen LogP contribution in [0.3, 0.4) is 0 Å². The van der Waals surface area contributed by atoms with E-state index in [1.54, 1.807) is 0 Å². The van der Waals surface area contributed by atoms with Crippen molar-refractivity contribution in [1.82, 2.24) is 5.32 Å². The fraction of sp³-hybridized carbons (Fsp3) is 0.368. The smallest absolute Gasteiger partial charge is 0.124 e. The quantitative estimate of drug-likeness (QED) is 0.853. The Morgan fingerprint density at radius 3 is 2.38 bits per heavy atom. The minimum atomic E-state index is 0.626. The molecular weight excluding hydrogens is 258 g/mol. The number of hydrogen-bond acceptors (Lipinski definition) is 2. The molecule has 0 aliphatic rings. The van der Waals surface area contributed by atoms with Crippen LogP contribution < -0.4 is 10.1 Å². The predicted molar refractivity (Wildman–Crippen MR) is 88.8 cm³/mol. The molecular formula is C19H25NO. The largest absolute Gasteiger partial charge is 0.489 e. The van der Waals surface area contributed by atoms with Crippen molar-refractivity contribution in [3.05, 3.63) is 64.2 Å². The Hall–Kier alpha value is -1.80. The molecule has 0 atom stereocenters. The van der Waals surface area contributed by atoms with Gasteiger partial charge in [0.1, 0.15) is 12.4 Å². The van der Waals surface area contributed by atoms with Crippen LogP contribution in [0.25, 0.3) is 0 Å². The van der Waals surface area contributed by atoms with Crippen LogP contribution in [-0.2, 0) is 13.2 Å². The fourth-order valence-electron chi connectivity index (χ4n) is 2.47. The normalized spacial score (nSPS) is 10.7. The Morgan fingerprint density at radius 2 is 1.71 bits per heavy atom. The molecule has 0 fully saturated rings. The zero-order valence-corrected chi connectivity index (χ0v) is 13.5. The SMILES string of the molecule is CCNCc1cc(C)ccc1OCc1c(C)cccc1C. The fourth-order valence-corrected chi connectivity index (χ4v) is 2.47. The molecule has 21 heavy (non-hydrogen) atoms. The molecule has 0 amide bonds. The summed E-state index contributed by atoms with van der Waals surface area (Å²) in [6.45, 7) is 10.9. The van der Waals surface area contributed by atoms with E-state index in [0.717, 1.165) is 18.8 Å². The molecule has 0 bridgehead atoms. The average molecular weight is 283 g/mol. The zero-order valence-electron chi connectivity index (χ0n) is 13.5. The topological polar surface area (TPSA) is 21.3 Å². The van der Waals surface area contributed by atoms with Crippen LogP contribution in [0, 0.1) is 20.8 Å². The lowest BCUT2D eigenvalue weighted by atomic mass is 10.0. The van der Waals surface area contributed by atoms with Crippen LogP contribution in [0.4, 0.5) is 0 Å². The Bertz CT molecular complexity index is 584. The Morgan fingerprint density at radius 1 is 1.00 bits per heavy atom. The van der Waals surface area contributed by atoms with E-state index >= 15 is 0 Å². The van der Waals surface area contributed by atoms with E-state index in [2.05, 4.69) is 69.4 Å². The van der Waals surface area contributed by atoms with Crippen molar-refractivity contribution in [3.63, 3.8) is 0 Å². The van der Waals surface area contributed by atoms with Gasteiger partial charge in [-0.3, -0.25) is 0 Å². The van der Waals surface area contributed by atoms with Crippen molar-refractivity contribution in [3.8, 4) is 5.75 Å². The minimum absolute atomic E-state index is 0.626. The van der Waals surface area contributed by atoms with E-state index in [-0.39, 0.29) is 0 Å². The van der Waals surface area contributed by atoms with Crippen LogP contribution in [0.2, 0.25) is 0 Å². The molecule has 2 nitrogen and oxygen atoms in total. The molecule has 0 heterocycles. The third kappa shape index (κ3) is 4.08. The number of hydrogen-bond donors (Lipinski definition) is 1. The second-order valence-corrected chi connectivity index (χ2v) is 5.55. The van der Waals surface area contributed by atoms with Gasteiger partial charge in [0.15, 0.2) is 0 Å². The number of benzene rings is 2. The van der Waals surface area contributed by atoms with E-state index in [1.165, 1.54) is 27.8 Å². The van der Waals surface area contributed by atoms with E-state index < -0.39 is 0 Å². The summed E-state index contributed by atoms with van der Waals surface area (Å²) in [5.74, 6) is 0.976. The lowest BCUT2D eigenvalue weighted by Crippen LogP contribution is -2.13. The highest BCUT2D eigenvalue weighted by atomic mass is 16.5. The standard InChI is InChI=1S/C19H25NO/c1-5-20-12-17-11-14(2)9-10-19(17)21-13-18-15(3)7-6-8-16(18)4/h6-11,20H,5,12-13H2,1-4H3. The van der Waals surface area contributed by atoms with Crippen LogP contribution in [-0.4, -0.2) is 6.54 Å². The lowest BCUT2D eigenvalue weighted by Gasteiger charge is -2.15. The summed E-state index contributed by atoms with van der Waals surface area (Å²) in [4.78, 5) is 0. The molecule has 2 aromatic rings. The first-order valence-corrected chi connectivity index (χ1v) is 7.60. The Labute approximate surface area is 128 Å². The number of ether oxygens (including phenoxy) is 1. The number of aryl methyl sites for hydroxylation is 3. The van der Waals surface area contributed by atoms with Crippen molar-refractivity contribution in [2.24, 2.45) is 0 Å². The van der Waals surface area contributed by atoms with Crippen molar-refractivity contribution in [2.45, 2.75) is 40.8 Å². The minimum Gasteiger partial charge on any atom is -0.489 e. The van der Waals surface area contributed by atoms with Crippen LogP contribution in [0.5, 0.6) is 5.75 Å². The summed E-state index contributed by atoms with van der Waals surface area (Å²) in [7, 11) is 0. The van der Waals surface area contributed by atoms with Gasteiger partial charge in [-0.1, -0.05) is 42.8 Å². The van der Waals surface area contributed by atoms with E-state index in [1.807, 2.05) is 0 Å². The highest BCUT2D eigenvalue weighted by Crippen LogP contribution is 2.23. The van der Waals surface area contributed by atoms with Crippen LogP contribution in [0.1, 0.15) is 34.7 Å². The maximum Gasteiger partial charge on any atom is 0.124 e. The molecule has 2 heteroatoms. The van der Waals surface area contributed by atoms with Gasteiger partial charge in [0.25, 0.3) is 0 Å². The summed E-state index contributed by atoms with van der Waals surface area (Å²) in [5, 5.41) is 3.37. The summed E-state index contributed by atoms with van der Waals surface area (Å²) >= 11 is 0. The van der Waals surface area contributed by atoms with Gasteiger partial charge in [-0.2, -0.15) is 0 Å². The molecule has 0 spiro atoms. The van der Waals surface area contributed by atoms with Crippen molar-refractivity contribution >= 4 is 0 Å². The first-order chi connectivity index (χ1) is 10.1. The maximum absolute atomic E-state index is 6.10. The molecule has 2 rings (SSSR count). The van der Waals surface area contributed by atoms with Gasteiger partial charge in [-0.15, -0.1) is 0 Å². The molecule has 0 aliphatic heterocycles. The molecule has 0 unspecified atom stereocenters. The van der Waals surface area contributed by atoms with E-state index in [4.69, 9.17) is 4.74 Å². The zero-order chi connectivity index (χ0) is 15.2. The van der Waals surface area contributed by atoms with E-state index in [0.29, 0.717) is 6.61 Å². The summed E-state index contributed by atoms with van der Waals surface area (Å²) < 4.78 is 6.10. The second-order valence-electron chi connectivity index (χ2n) is 5.55. The third-order valence-corrected chi connectivity index (χ3v) is 3.80. The number of rotatable bonds is 6. The first-order valence-electron chi connectivity index (χ1n) is 7.60. The summed E-state index contributed by atoms with van der Waals surface area (Å²) in [6, 6.07) is 12.8. The molecule has 0 aliphatic carbocycles. The third-order valence-electron chi connectivity index (χ3n) is 3.80. The van der Waals surface area contributed by atoms with Gasteiger partial charge >= 0.3 is 0 Å². The molecule has 0 saturated carbocycles. The van der Waals surface area contributed by atoms with Gasteiger partial charge < -0.3 is 10.1 Å². The van der Waals surface area contributed by atoms with Crippen LogP contribution in [0.15, 0.2) is 36.4 Å². The molecule has 112 valence electrons. The van der Waals surface area contributed by atoms with Crippen LogP contribution >= 0.6 is 0 Å². The molecule has 0 aromatic heterocycles. The van der Waals surface area contributed by atoms with Crippen molar-refractivity contribution < 1.29 is 4.74 Å². The predicted octanol–water partition coefficient (Wildman–Crippen LogP) is 4.30. The Kier molecular flexibility index (Phi) is 5.40. The molecule has 1 N–H and O–H groups in total. The second kappa shape index (κ2) is 7.28. The van der Waals surface area contributed by atoms with Gasteiger partial charge in [0.05, 0.1) is 0 Å².